The van der Waals surface area contributed by atoms with Crippen LogP contribution in [0.3, 0.4) is 0 Å². The van der Waals surface area contributed by atoms with Crippen molar-refractivity contribution in [1.29, 1.82) is 0 Å². The van der Waals surface area contributed by atoms with Crippen molar-refractivity contribution in [3.05, 3.63) is 29.3 Å². The third-order valence-electron chi connectivity index (χ3n) is 2.88. The number of hydrogen-bond donors (Lipinski definition) is 1. The SMILES string of the molecule is Cc1ccc(S(=O)(=O)N[C@@H](C)C(=O)OC(C)(C)C)cc1C. The van der Waals surface area contributed by atoms with Crippen molar-refractivity contribution in [2.24, 2.45) is 0 Å². The minimum absolute atomic E-state index is 0.140. The fourth-order valence-electron chi connectivity index (χ4n) is 1.62. The molecule has 0 bridgehead atoms. The molecule has 0 saturated carbocycles. The van der Waals surface area contributed by atoms with Crippen molar-refractivity contribution in [2.75, 3.05) is 0 Å². The van der Waals surface area contributed by atoms with Gasteiger partial charge in [0.05, 0.1) is 4.90 Å². The van der Waals surface area contributed by atoms with E-state index in [9.17, 15) is 13.2 Å². The molecule has 1 atom stereocenters. The summed E-state index contributed by atoms with van der Waals surface area (Å²) in [6, 6.07) is 3.89. The number of nitrogens with one attached hydrogen (secondary N) is 1. The summed E-state index contributed by atoms with van der Waals surface area (Å²) in [7, 11) is -3.75. The topological polar surface area (TPSA) is 72.5 Å². The molecule has 0 amide bonds. The van der Waals surface area contributed by atoms with Crippen molar-refractivity contribution < 1.29 is 17.9 Å². The second-order valence-corrected chi connectivity index (χ2v) is 7.84. The summed E-state index contributed by atoms with van der Waals surface area (Å²) in [4.78, 5) is 12.0. The number of esters is 1. The molecular formula is C15H23NO4S. The maximum Gasteiger partial charge on any atom is 0.324 e. The van der Waals surface area contributed by atoms with Crippen LogP contribution in [0.1, 0.15) is 38.8 Å². The molecule has 6 heteroatoms. The van der Waals surface area contributed by atoms with E-state index in [0.717, 1.165) is 11.1 Å². The Morgan fingerprint density at radius 1 is 1.19 bits per heavy atom. The lowest BCUT2D eigenvalue weighted by Crippen LogP contribution is -2.42. The van der Waals surface area contributed by atoms with Crippen LogP contribution >= 0.6 is 0 Å². The largest absolute Gasteiger partial charge is 0.459 e. The van der Waals surface area contributed by atoms with Crippen LogP contribution in [0.25, 0.3) is 0 Å². The van der Waals surface area contributed by atoms with Gasteiger partial charge in [0, 0.05) is 0 Å². The zero-order chi connectivity index (χ0) is 16.4. The Morgan fingerprint density at radius 3 is 2.24 bits per heavy atom. The minimum Gasteiger partial charge on any atom is -0.459 e. The Labute approximate surface area is 126 Å². The summed E-state index contributed by atoms with van der Waals surface area (Å²) in [5, 5.41) is 0. The van der Waals surface area contributed by atoms with E-state index < -0.39 is 27.6 Å². The number of ether oxygens (including phenoxy) is 1. The molecule has 0 saturated heterocycles. The zero-order valence-corrected chi connectivity index (χ0v) is 14.2. The predicted molar refractivity (Wildman–Crippen MR) is 81.5 cm³/mol. The van der Waals surface area contributed by atoms with Gasteiger partial charge >= 0.3 is 5.97 Å². The quantitative estimate of drug-likeness (QED) is 0.866. The van der Waals surface area contributed by atoms with E-state index in [2.05, 4.69) is 4.72 Å². The summed E-state index contributed by atoms with van der Waals surface area (Å²) in [5.74, 6) is -0.602. The molecule has 0 heterocycles. The van der Waals surface area contributed by atoms with Crippen molar-refractivity contribution in [3.63, 3.8) is 0 Å². The molecule has 0 aliphatic carbocycles. The molecule has 0 fully saturated rings. The molecule has 0 aliphatic heterocycles. The van der Waals surface area contributed by atoms with Crippen molar-refractivity contribution >= 4 is 16.0 Å². The monoisotopic (exact) mass is 313 g/mol. The van der Waals surface area contributed by atoms with Crippen molar-refractivity contribution in [2.45, 2.75) is 58.1 Å². The first-order valence-corrected chi connectivity index (χ1v) is 8.23. The first-order chi connectivity index (χ1) is 9.42. The van der Waals surface area contributed by atoms with E-state index in [1.807, 2.05) is 13.8 Å². The molecule has 1 rings (SSSR count). The van der Waals surface area contributed by atoms with Gasteiger partial charge < -0.3 is 4.74 Å². The summed E-state index contributed by atoms with van der Waals surface area (Å²) in [6.45, 7) is 10.4. The molecule has 21 heavy (non-hydrogen) atoms. The third-order valence-corrected chi connectivity index (χ3v) is 4.42. The van der Waals surface area contributed by atoms with Gasteiger partial charge in [0.1, 0.15) is 11.6 Å². The minimum atomic E-state index is -3.75. The average Bonchev–Trinajstić information content (AvgIpc) is 2.29. The second kappa shape index (κ2) is 6.15. The maximum atomic E-state index is 12.3. The van der Waals surface area contributed by atoms with Gasteiger partial charge in [-0.3, -0.25) is 4.79 Å². The van der Waals surface area contributed by atoms with E-state index >= 15 is 0 Å². The van der Waals surface area contributed by atoms with E-state index in [4.69, 9.17) is 4.74 Å². The Morgan fingerprint density at radius 2 is 1.76 bits per heavy atom. The van der Waals surface area contributed by atoms with E-state index in [0.29, 0.717) is 0 Å². The number of sulfonamides is 1. The smallest absolute Gasteiger partial charge is 0.324 e. The first kappa shape index (κ1) is 17.7. The lowest BCUT2D eigenvalue weighted by atomic mass is 10.1. The highest BCUT2D eigenvalue weighted by Crippen LogP contribution is 2.15. The van der Waals surface area contributed by atoms with E-state index in [1.54, 1.807) is 32.9 Å². The van der Waals surface area contributed by atoms with Crippen LogP contribution in [0.2, 0.25) is 0 Å². The molecule has 5 nitrogen and oxygen atoms in total. The molecule has 118 valence electrons. The maximum absolute atomic E-state index is 12.3. The normalized spacial score (nSPS) is 13.8. The van der Waals surface area contributed by atoms with Gasteiger partial charge in [0.25, 0.3) is 0 Å². The van der Waals surface area contributed by atoms with Gasteiger partial charge in [-0.2, -0.15) is 4.72 Å². The molecule has 0 aromatic heterocycles. The fraction of sp³-hybridized carbons (Fsp3) is 0.533. The number of benzene rings is 1. The summed E-state index contributed by atoms with van der Waals surface area (Å²) < 4.78 is 32.0. The van der Waals surface area contributed by atoms with Crippen molar-refractivity contribution in [3.8, 4) is 0 Å². The predicted octanol–water partition coefficient (Wildman–Crippen LogP) is 2.31. The van der Waals surface area contributed by atoms with Crippen LogP contribution in [0, 0.1) is 13.8 Å². The molecule has 0 spiro atoms. The van der Waals surface area contributed by atoms with Gasteiger partial charge in [0.2, 0.25) is 10.0 Å². The van der Waals surface area contributed by atoms with Gasteiger partial charge in [0.15, 0.2) is 0 Å². The number of hydrogen-bond acceptors (Lipinski definition) is 4. The average molecular weight is 313 g/mol. The molecule has 0 aliphatic rings. The Balaban J connectivity index is 2.89. The first-order valence-electron chi connectivity index (χ1n) is 6.75. The second-order valence-electron chi connectivity index (χ2n) is 6.12. The van der Waals surface area contributed by atoms with Crippen LogP contribution in [0.4, 0.5) is 0 Å². The Hall–Kier alpha value is -1.40. The number of aryl methyl sites for hydroxylation is 2. The van der Waals surface area contributed by atoms with Crippen LogP contribution in [-0.4, -0.2) is 26.0 Å². The third kappa shape index (κ3) is 5.13. The fourth-order valence-corrected chi connectivity index (χ4v) is 2.90. The molecule has 1 N–H and O–H groups in total. The zero-order valence-electron chi connectivity index (χ0n) is 13.4. The molecule has 0 unspecified atom stereocenters. The standard InChI is InChI=1S/C15H23NO4S/c1-10-7-8-13(9-11(10)2)21(18,19)16-12(3)14(17)20-15(4,5)6/h7-9,12,16H,1-6H3/t12-/m0/s1. The van der Waals surface area contributed by atoms with Crippen LogP contribution in [-0.2, 0) is 19.6 Å². The van der Waals surface area contributed by atoms with Gasteiger partial charge in [-0.1, -0.05) is 6.07 Å². The van der Waals surface area contributed by atoms with Gasteiger partial charge in [-0.05, 0) is 64.8 Å². The van der Waals surface area contributed by atoms with E-state index in [1.165, 1.54) is 13.0 Å². The van der Waals surface area contributed by atoms with Crippen LogP contribution in [0.5, 0.6) is 0 Å². The molecule has 1 aromatic carbocycles. The van der Waals surface area contributed by atoms with Gasteiger partial charge in [-0.25, -0.2) is 8.42 Å². The lowest BCUT2D eigenvalue weighted by molar-refractivity contribution is -0.156. The molecule has 0 radical (unpaired) electrons. The van der Waals surface area contributed by atoms with Crippen LogP contribution in [0.15, 0.2) is 23.1 Å². The highest BCUT2D eigenvalue weighted by Gasteiger charge is 2.26. The van der Waals surface area contributed by atoms with E-state index in [-0.39, 0.29) is 4.90 Å². The van der Waals surface area contributed by atoms with Crippen molar-refractivity contribution in [1.82, 2.24) is 4.72 Å². The highest BCUT2D eigenvalue weighted by molar-refractivity contribution is 7.89. The number of carbonyl (C=O) groups excluding carboxylic acids is 1. The summed E-state index contributed by atoms with van der Waals surface area (Å²) >= 11 is 0. The number of carbonyl (C=O) groups is 1. The lowest BCUT2D eigenvalue weighted by Gasteiger charge is -2.22. The van der Waals surface area contributed by atoms with Gasteiger partial charge in [-0.15, -0.1) is 0 Å². The summed E-state index contributed by atoms with van der Waals surface area (Å²) in [5.41, 5.74) is 1.23. The summed E-state index contributed by atoms with van der Waals surface area (Å²) in [6.07, 6.45) is 0. The Kier molecular flexibility index (Phi) is 5.17. The highest BCUT2D eigenvalue weighted by atomic mass is 32.2. The number of rotatable bonds is 4. The van der Waals surface area contributed by atoms with Crippen LogP contribution < -0.4 is 4.72 Å². The Bertz CT molecular complexity index is 630. The molecular weight excluding hydrogens is 290 g/mol. The molecule has 1 aromatic rings.